The fourth-order valence-electron chi connectivity index (χ4n) is 3.54. The van der Waals surface area contributed by atoms with Crippen LogP contribution in [-0.2, 0) is 30.4 Å². The summed E-state index contributed by atoms with van der Waals surface area (Å²) in [7, 11) is 0. The normalized spacial score (nSPS) is 11.5. The summed E-state index contributed by atoms with van der Waals surface area (Å²) in [5.74, 6) is 0.257. The number of nitrogens with zero attached hydrogens (tertiary/aromatic N) is 5. The number of halogens is 3. The van der Waals surface area contributed by atoms with Crippen LogP contribution in [0.25, 0.3) is 11.1 Å². The molecule has 0 spiro atoms. The molecule has 4 aromatic rings. The molecule has 7 nitrogen and oxygen atoms in total. The van der Waals surface area contributed by atoms with Crippen molar-refractivity contribution >= 4 is 11.6 Å². The van der Waals surface area contributed by atoms with Gasteiger partial charge in [-0.1, -0.05) is 24.3 Å². The van der Waals surface area contributed by atoms with E-state index in [2.05, 4.69) is 25.4 Å². The van der Waals surface area contributed by atoms with Crippen LogP contribution in [0.4, 0.5) is 18.9 Å². The molecule has 35 heavy (non-hydrogen) atoms. The number of rotatable bonds is 7. The summed E-state index contributed by atoms with van der Waals surface area (Å²) >= 11 is 0. The van der Waals surface area contributed by atoms with Gasteiger partial charge in [-0.3, -0.25) is 14.5 Å². The first-order valence-electron chi connectivity index (χ1n) is 11.0. The van der Waals surface area contributed by atoms with Crippen molar-refractivity contribution in [1.82, 2.24) is 24.7 Å². The van der Waals surface area contributed by atoms with E-state index in [1.807, 2.05) is 29.9 Å². The molecule has 0 aliphatic heterocycles. The lowest BCUT2D eigenvalue weighted by molar-refractivity contribution is -0.138. The van der Waals surface area contributed by atoms with Crippen LogP contribution in [0.2, 0.25) is 0 Å². The fourth-order valence-corrected chi connectivity index (χ4v) is 3.54. The second-order valence-electron chi connectivity index (χ2n) is 8.05. The Balaban J connectivity index is 1.37. The Labute approximate surface area is 200 Å². The summed E-state index contributed by atoms with van der Waals surface area (Å²) in [5.41, 5.74) is 2.46. The molecule has 0 bridgehead atoms. The number of hydrogen-bond acceptors (Lipinski definition) is 5. The zero-order valence-corrected chi connectivity index (χ0v) is 19.2. The second-order valence-corrected chi connectivity index (χ2v) is 8.05. The average Bonchev–Trinajstić information content (AvgIpc) is 3.28. The number of carbonyl (C=O) groups excluding carboxylic acids is 1. The number of aryl methyl sites for hydroxylation is 2. The van der Waals surface area contributed by atoms with E-state index < -0.39 is 17.6 Å². The first kappa shape index (κ1) is 24.1. The Morgan fingerprint density at radius 3 is 2.31 bits per heavy atom. The highest BCUT2D eigenvalue weighted by Gasteiger charge is 2.33. The first-order chi connectivity index (χ1) is 16.7. The van der Waals surface area contributed by atoms with Gasteiger partial charge in [0.2, 0.25) is 5.91 Å². The number of benzene rings is 1. The number of anilines is 1. The van der Waals surface area contributed by atoms with Crippen LogP contribution in [-0.4, -0.2) is 30.6 Å². The SMILES string of the molecule is CCn1cc(Cc2ncc(-c3ccc(CC(=O)Nc4cnc(C)c(C(F)(F)F)c4)cc3)cn2)cn1. The Bertz CT molecular complexity index is 1310. The Hall–Kier alpha value is -4.08. The van der Waals surface area contributed by atoms with Crippen LogP contribution in [0.15, 0.2) is 61.3 Å². The molecule has 1 aromatic carbocycles. The van der Waals surface area contributed by atoms with E-state index in [0.29, 0.717) is 17.8 Å². The molecule has 0 radical (unpaired) electrons. The van der Waals surface area contributed by atoms with Crippen LogP contribution in [0, 0.1) is 6.92 Å². The highest BCUT2D eigenvalue weighted by atomic mass is 19.4. The van der Waals surface area contributed by atoms with E-state index in [-0.39, 0.29) is 17.8 Å². The van der Waals surface area contributed by atoms with Crippen molar-refractivity contribution in [1.29, 1.82) is 0 Å². The van der Waals surface area contributed by atoms with Gasteiger partial charge in [0.25, 0.3) is 0 Å². The fraction of sp³-hybridized carbons (Fsp3) is 0.240. The van der Waals surface area contributed by atoms with Crippen molar-refractivity contribution in [3.63, 3.8) is 0 Å². The summed E-state index contributed by atoms with van der Waals surface area (Å²) < 4.78 is 41.0. The number of nitrogens with one attached hydrogen (secondary N) is 1. The van der Waals surface area contributed by atoms with Gasteiger partial charge >= 0.3 is 6.18 Å². The lowest BCUT2D eigenvalue weighted by Crippen LogP contribution is -2.16. The van der Waals surface area contributed by atoms with E-state index in [9.17, 15) is 18.0 Å². The maximum atomic E-state index is 13.1. The summed E-state index contributed by atoms with van der Waals surface area (Å²) in [6.07, 6.45) is 4.55. The van der Waals surface area contributed by atoms with Crippen molar-refractivity contribution in [3.05, 3.63) is 89.5 Å². The van der Waals surface area contributed by atoms with E-state index in [1.54, 1.807) is 30.7 Å². The highest BCUT2D eigenvalue weighted by molar-refractivity contribution is 5.92. The van der Waals surface area contributed by atoms with E-state index >= 15 is 0 Å². The molecule has 3 aromatic heterocycles. The van der Waals surface area contributed by atoms with Gasteiger partial charge in [-0.2, -0.15) is 18.3 Å². The van der Waals surface area contributed by atoms with Gasteiger partial charge in [0.05, 0.1) is 30.1 Å². The molecule has 1 amide bonds. The third-order valence-electron chi connectivity index (χ3n) is 5.41. The highest BCUT2D eigenvalue weighted by Crippen LogP contribution is 2.32. The van der Waals surface area contributed by atoms with Gasteiger partial charge in [-0.05, 0) is 36.6 Å². The molecule has 3 heterocycles. The van der Waals surface area contributed by atoms with Gasteiger partial charge in [-0.25, -0.2) is 9.97 Å². The maximum Gasteiger partial charge on any atom is 0.418 e. The van der Waals surface area contributed by atoms with Gasteiger partial charge in [0.15, 0.2) is 0 Å². The number of carbonyl (C=O) groups is 1. The third kappa shape index (κ3) is 6.08. The molecular weight excluding hydrogens is 457 g/mol. The predicted molar refractivity (Wildman–Crippen MR) is 124 cm³/mol. The largest absolute Gasteiger partial charge is 0.418 e. The molecule has 0 saturated carbocycles. The molecule has 0 aliphatic rings. The lowest BCUT2D eigenvalue weighted by atomic mass is 10.0. The number of amides is 1. The summed E-state index contributed by atoms with van der Waals surface area (Å²) in [5, 5.41) is 6.73. The predicted octanol–water partition coefficient (Wildman–Crippen LogP) is 4.85. The molecule has 1 N–H and O–H groups in total. The molecule has 4 rings (SSSR count). The van der Waals surface area contributed by atoms with Gasteiger partial charge in [0, 0.05) is 42.8 Å². The molecular formula is C25H23F3N6O. The van der Waals surface area contributed by atoms with Crippen molar-refractivity contribution in [2.75, 3.05) is 5.32 Å². The zero-order valence-electron chi connectivity index (χ0n) is 19.2. The molecule has 0 unspecified atom stereocenters. The minimum atomic E-state index is -4.53. The zero-order chi connectivity index (χ0) is 25.0. The van der Waals surface area contributed by atoms with E-state index in [1.165, 1.54) is 13.1 Å². The molecule has 180 valence electrons. The number of aromatic nitrogens is 5. The second kappa shape index (κ2) is 10.0. The number of pyridine rings is 1. The summed E-state index contributed by atoms with van der Waals surface area (Å²) in [6.45, 7) is 4.10. The molecule has 10 heteroatoms. The quantitative estimate of drug-likeness (QED) is 0.409. The number of alkyl halides is 3. The van der Waals surface area contributed by atoms with Crippen molar-refractivity contribution < 1.29 is 18.0 Å². The third-order valence-corrected chi connectivity index (χ3v) is 5.41. The minimum absolute atomic E-state index is 0.00354. The average molecular weight is 480 g/mol. The monoisotopic (exact) mass is 480 g/mol. The Kier molecular flexibility index (Phi) is 6.90. The molecule has 0 fully saturated rings. The smallest absolute Gasteiger partial charge is 0.324 e. The minimum Gasteiger partial charge on any atom is -0.324 e. The summed E-state index contributed by atoms with van der Waals surface area (Å²) in [6, 6.07) is 8.17. The van der Waals surface area contributed by atoms with Crippen LogP contribution in [0.5, 0.6) is 0 Å². The molecule has 0 aliphatic carbocycles. The van der Waals surface area contributed by atoms with Gasteiger partial charge in [0.1, 0.15) is 5.82 Å². The van der Waals surface area contributed by atoms with Gasteiger partial charge < -0.3 is 5.32 Å². The Morgan fingerprint density at radius 1 is 0.971 bits per heavy atom. The Morgan fingerprint density at radius 2 is 1.69 bits per heavy atom. The van der Waals surface area contributed by atoms with E-state index in [0.717, 1.165) is 29.3 Å². The molecule has 0 saturated heterocycles. The maximum absolute atomic E-state index is 13.1. The van der Waals surface area contributed by atoms with Crippen LogP contribution < -0.4 is 5.32 Å². The lowest BCUT2D eigenvalue weighted by Gasteiger charge is -2.12. The van der Waals surface area contributed by atoms with Crippen molar-refractivity contribution in [2.45, 2.75) is 39.4 Å². The standard InChI is InChI=1S/C25H23F3N6O/c1-3-34-15-18(11-32-34)8-23-30-12-20(13-31-23)19-6-4-17(5-7-19)9-24(35)33-21-10-22(25(26,27)28)16(2)29-14-21/h4-7,10-15H,3,8-9H2,1-2H3,(H,33,35). The topological polar surface area (TPSA) is 85.6 Å². The van der Waals surface area contributed by atoms with Crippen LogP contribution >= 0.6 is 0 Å². The van der Waals surface area contributed by atoms with Crippen molar-refractivity contribution in [2.24, 2.45) is 0 Å². The van der Waals surface area contributed by atoms with E-state index in [4.69, 9.17) is 0 Å². The van der Waals surface area contributed by atoms with Crippen molar-refractivity contribution in [3.8, 4) is 11.1 Å². The summed E-state index contributed by atoms with van der Waals surface area (Å²) in [4.78, 5) is 24.9. The van der Waals surface area contributed by atoms with Crippen LogP contribution in [0.3, 0.4) is 0 Å². The molecule has 0 atom stereocenters. The van der Waals surface area contributed by atoms with Gasteiger partial charge in [-0.15, -0.1) is 0 Å². The first-order valence-corrected chi connectivity index (χ1v) is 11.0. The number of hydrogen-bond donors (Lipinski definition) is 1. The van der Waals surface area contributed by atoms with Crippen LogP contribution in [0.1, 0.15) is 35.1 Å².